The highest BCUT2D eigenvalue weighted by molar-refractivity contribution is 6.05. The van der Waals surface area contributed by atoms with Gasteiger partial charge in [-0.25, -0.2) is 0 Å². The van der Waals surface area contributed by atoms with Crippen molar-refractivity contribution in [2.75, 3.05) is 10.6 Å². The van der Waals surface area contributed by atoms with E-state index in [9.17, 15) is 9.59 Å². The van der Waals surface area contributed by atoms with Gasteiger partial charge >= 0.3 is 0 Å². The van der Waals surface area contributed by atoms with E-state index in [0.717, 1.165) is 17.7 Å². The third-order valence-corrected chi connectivity index (χ3v) is 3.73. The SMILES string of the molecule is CCCC(N)C(=O)Nc1cc(C(=O)Nc2ccccc2)ccc1C. The number of para-hydroxylation sites is 1. The van der Waals surface area contributed by atoms with Crippen molar-refractivity contribution >= 4 is 23.2 Å². The van der Waals surface area contributed by atoms with Crippen molar-refractivity contribution in [2.45, 2.75) is 32.7 Å². The minimum atomic E-state index is -0.545. The lowest BCUT2D eigenvalue weighted by Gasteiger charge is -2.14. The maximum absolute atomic E-state index is 12.4. The molecule has 0 radical (unpaired) electrons. The number of benzene rings is 2. The van der Waals surface area contributed by atoms with E-state index in [4.69, 9.17) is 5.73 Å². The van der Waals surface area contributed by atoms with Crippen LogP contribution in [0.15, 0.2) is 48.5 Å². The molecule has 1 atom stereocenters. The summed E-state index contributed by atoms with van der Waals surface area (Å²) >= 11 is 0. The van der Waals surface area contributed by atoms with Gasteiger partial charge in [0.1, 0.15) is 0 Å². The predicted octanol–water partition coefficient (Wildman–Crippen LogP) is 3.31. The lowest BCUT2D eigenvalue weighted by Crippen LogP contribution is -2.35. The third kappa shape index (κ3) is 4.67. The van der Waals surface area contributed by atoms with Gasteiger partial charge in [0.15, 0.2) is 0 Å². The summed E-state index contributed by atoms with van der Waals surface area (Å²) in [6, 6.07) is 13.9. The lowest BCUT2D eigenvalue weighted by atomic mass is 10.1. The Balaban J connectivity index is 2.13. The van der Waals surface area contributed by atoms with Gasteiger partial charge in [0, 0.05) is 16.9 Å². The normalized spacial score (nSPS) is 11.6. The molecule has 1 unspecified atom stereocenters. The maximum Gasteiger partial charge on any atom is 0.255 e. The molecule has 2 aromatic carbocycles. The van der Waals surface area contributed by atoms with Crippen LogP contribution < -0.4 is 16.4 Å². The molecule has 2 aromatic rings. The van der Waals surface area contributed by atoms with Crippen LogP contribution in [0.3, 0.4) is 0 Å². The zero-order valence-corrected chi connectivity index (χ0v) is 14.0. The quantitative estimate of drug-likeness (QED) is 0.762. The van der Waals surface area contributed by atoms with E-state index >= 15 is 0 Å². The zero-order chi connectivity index (χ0) is 17.5. The molecular weight excluding hydrogens is 302 g/mol. The van der Waals surface area contributed by atoms with Crippen molar-refractivity contribution in [3.63, 3.8) is 0 Å². The number of carbonyl (C=O) groups excluding carboxylic acids is 2. The molecule has 0 saturated heterocycles. The van der Waals surface area contributed by atoms with Crippen LogP contribution in [0.25, 0.3) is 0 Å². The largest absolute Gasteiger partial charge is 0.324 e. The standard InChI is InChI=1S/C19H23N3O2/c1-3-7-16(20)19(24)22-17-12-14(11-10-13(17)2)18(23)21-15-8-5-4-6-9-15/h4-6,8-12,16H,3,7,20H2,1-2H3,(H,21,23)(H,22,24). The summed E-state index contributed by atoms with van der Waals surface area (Å²) in [6.07, 6.45) is 1.46. The first-order chi connectivity index (χ1) is 11.5. The highest BCUT2D eigenvalue weighted by Gasteiger charge is 2.15. The van der Waals surface area contributed by atoms with Gasteiger partial charge in [0.2, 0.25) is 5.91 Å². The van der Waals surface area contributed by atoms with E-state index in [1.54, 1.807) is 18.2 Å². The van der Waals surface area contributed by atoms with Gasteiger partial charge in [-0.3, -0.25) is 9.59 Å². The number of nitrogens with two attached hydrogens (primary N) is 1. The fourth-order valence-corrected chi connectivity index (χ4v) is 2.29. The van der Waals surface area contributed by atoms with E-state index in [2.05, 4.69) is 10.6 Å². The second-order valence-electron chi connectivity index (χ2n) is 5.73. The predicted molar refractivity (Wildman–Crippen MR) is 97.1 cm³/mol. The number of nitrogens with one attached hydrogen (secondary N) is 2. The number of anilines is 2. The van der Waals surface area contributed by atoms with Crippen LogP contribution in [0, 0.1) is 6.92 Å². The number of carbonyl (C=O) groups is 2. The molecule has 0 aliphatic heterocycles. The smallest absolute Gasteiger partial charge is 0.255 e. The molecular formula is C19H23N3O2. The fourth-order valence-electron chi connectivity index (χ4n) is 2.29. The van der Waals surface area contributed by atoms with E-state index in [-0.39, 0.29) is 11.8 Å². The number of hydrogen-bond donors (Lipinski definition) is 3. The summed E-state index contributed by atoms with van der Waals surface area (Å²) in [5.41, 5.74) is 8.51. The van der Waals surface area contributed by atoms with Crippen molar-refractivity contribution in [1.82, 2.24) is 0 Å². The first-order valence-electron chi connectivity index (χ1n) is 8.04. The molecule has 0 bridgehead atoms. The first kappa shape index (κ1) is 17.7. The van der Waals surface area contributed by atoms with Crippen LogP contribution in [-0.2, 0) is 4.79 Å². The van der Waals surface area contributed by atoms with Crippen molar-refractivity contribution in [1.29, 1.82) is 0 Å². The molecule has 5 nitrogen and oxygen atoms in total. The Morgan fingerprint density at radius 1 is 1.08 bits per heavy atom. The van der Waals surface area contributed by atoms with Gasteiger partial charge in [0.25, 0.3) is 5.91 Å². The second kappa shape index (κ2) is 8.26. The maximum atomic E-state index is 12.4. The molecule has 0 aromatic heterocycles. The molecule has 0 saturated carbocycles. The van der Waals surface area contributed by atoms with Crippen LogP contribution >= 0.6 is 0 Å². The Labute approximate surface area is 142 Å². The minimum Gasteiger partial charge on any atom is -0.324 e. The summed E-state index contributed by atoms with van der Waals surface area (Å²) in [6.45, 7) is 3.85. The van der Waals surface area contributed by atoms with Crippen LogP contribution in [0.1, 0.15) is 35.7 Å². The van der Waals surface area contributed by atoms with Crippen molar-refractivity contribution < 1.29 is 9.59 Å². The molecule has 24 heavy (non-hydrogen) atoms. The van der Waals surface area contributed by atoms with Gasteiger partial charge in [-0.1, -0.05) is 37.6 Å². The summed E-state index contributed by atoms with van der Waals surface area (Å²) in [7, 11) is 0. The Kier molecular flexibility index (Phi) is 6.09. The van der Waals surface area contributed by atoms with E-state index in [0.29, 0.717) is 17.7 Å². The molecule has 5 heteroatoms. The molecule has 126 valence electrons. The van der Waals surface area contributed by atoms with Gasteiger partial charge in [-0.15, -0.1) is 0 Å². The minimum absolute atomic E-state index is 0.227. The molecule has 2 amide bonds. The highest BCUT2D eigenvalue weighted by atomic mass is 16.2. The van der Waals surface area contributed by atoms with Gasteiger partial charge < -0.3 is 16.4 Å². The van der Waals surface area contributed by atoms with Crippen LogP contribution in [0.4, 0.5) is 11.4 Å². The van der Waals surface area contributed by atoms with Crippen molar-refractivity contribution in [3.8, 4) is 0 Å². The zero-order valence-electron chi connectivity index (χ0n) is 14.0. The Morgan fingerprint density at radius 3 is 2.46 bits per heavy atom. The lowest BCUT2D eigenvalue weighted by molar-refractivity contribution is -0.117. The average molecular weight is 325 g/mol. The van der Waals surface area contributed by atoms with Gasteiger partial charge in [-0.2, -0.15) is 0 Å². The Morgan fingerprint density at radius 2 is 1.79 bits per heavy atom. The monoisotopic (exact) mass is 325 g/mol. The average Bonchev–Trinajstić information content (AvgIpc) is 2.57. The molecule has 0 heterocycles. The molecule has 2 rings (SSSR count). The molecule has 0 spiro atoms. The third-order valence-electron chi connectivity index (χ3n) is 3.73. The van der Waals surface area contributed by atoms with Crippen LogP contribution in [0.5, 0.6) is 0 Å². The van der Waals surface area contributed by atoms with Crippen LogP contribution in [-0.4, -0.2) is 17.9 Å². The van der Waals surface area contributed by atoms with E-state index in [1.165, 1.54) is 0 Å². The summed E-state index contributed by atoms with van der Waals surface area (Å²) < 4.78 is 0. The summed E-state index contributed by atoms with van der Waals surface area (Å²) in [4.78, 5) is 24.4. The van der Waals surface area contributed by atoms with Crippen LogP contribution in [0.2, 0.25) is 0 Å². The fraction of sp³-hybridized carbons (Fsp3) is 0.263. The summed E-state index contributed by atoms with van der Waals surface area (Å²) in [5, 5.41) is 5.63. The van der Waals surface area contributed by atoms with E-state index in [1.807, 2.05) is 44.2 Å². The topological polar surface area (TPSA) is 84.2 Å². The molecule has 0 fully saturated rings. The van der Waals surface area contributed by atoms with Gasteiger partial charge in [-0.05, 0) is 43.2 Å². The second-order valence-corrected chi connectivity index (χ2v) is 5.73. The Bertz CT molecular complexity index is 714. The number of aryl methyl sites for hydroxylation is 1. The molecule has 0 aliphatic rings. The van der Waals surface area contributed by atoms with Crippen molar-refractivity contribution in [2.24, 2.45) is 5.73 Å². The number of amides is 2. The molecule has 0 aliphatic carbocycles. The van der Waals surface area contributed by atoms with Gasteiger partial charge in [0.05, 0.1) is 6.04 Å². The highest BCUT2D eigenvalue weighted by Crippen LogP contribution is 2.18. The van der Waals surface area contributed by atoms with E-state index < -0.39 is 6.04 Å². The number of rotatable bonds is 6. The molecule has 4 N–H and O–H groups in total. The first-order valence-corrected chi connectivity index (χ1v) is 8.04. The summed E-state index contributed by atoms with van der Waals surface area (Å²) in [5.74, 6) is -0.463. The van der Waals surface area contributed by atoms with Crippen molar-refractivity contribution in [3.05, 3.63) is 59.7 Å². The number of hydrogen-bond acceptors (Lipinski definition) is 3. The Hall–Kier alpha value is -2.66.